The Morgan fingerprint density at radius 2 is 1.70 bits per heavy atom. The molecule has 0 spiro atoms. The second kappa shape index (κ2) is 16.6. The van der Waals surface area contributed by atoms with Crippen LogP contribution in [-0.4, -0.2) is 109 Å². The maximum absolute atomic E-state index is 14.0. The highest BCUT2D eigenvalue weighted by molar-refractivity contribution is 7.09. The Morgan fingerprint density at radius 3 is 2.28 bits per heavy atom. The van der Waals surface area contributed by atoms with Gasteiger partial charge in [0.2, 0.25) is 11.8 Å². The summed E-state index contributed by atoms with van der Waals surface area (Å²) in [6.07, 6.45) is 1.50. The van der Waals surface area contributed by atoms with Crippen molar-refractivity contribution in [2.24, 2.45) is 5.92 Å². The lowest BCUT2D eigenvalue weighted by Gasteiger charge is -2.43. The number of carbonyl (C=O) groups is 3. The second-order valence-electron chi connectivity index (χ2n) is 13.4. The van der Waals surface area contributed by atoms with Crippen LogP contribution in [0.15, 0.2) is 53.7 Å². The van der Waals surface area contributed by atoms with Gasteiger partial charge in [0.1, 0.15) is 12.1 Å². The summed E-state index contributed by atoms with van der Waals surface area (Å²) in [5, 5.41) is 28.1. The molecule has 3 aromatic rings. The van der Waals surface area contributed by atoms with Gasteiger partial charge in [-0.15, -0.1) is 22.7 Å². The van der Waals surface area contributed by atoms with E-state index in [4.69, 9.17) is 0 Å². The minimum atomic E-state index is -1.21. The van der Waals surface area contributed by atoms with Crippen LogP contribution >= 0.6 is 22.7 Å². The molecule has 3 amide bonds. The molecule has 4 atom stereocenters. The number of benzene rings is 1. The predicted octanol–water partition coefficient (Wildman–Crippen LogP) is 3.29. The zero-order chi connectivity index (χ0) is 34.1. The highest BCUT2D eigenvalue weighted by Gasteiger charge is 2.38. The van der Waals surface area contributed by atoms with Crippen molar-refractivity contribution < 1.29 is 24.6 Å². The molecular weight excluding hydrogens is 639 g/mol. The van der Waals surface area contributed by atoms with E-state index in [1.807, 2.05) is 62.2 Å². The van der Waals surface area contributed by atoms with E-state index < -0.39 is 41.8 Å². The van der Waals surface area contributed by atoms with Crippen LogP contribution in [0.3, 0.4) is 0 Å². The van der Waals surface area contributed by atoms with E-state index in [0.29, 0.717) is 32.6 Å². The van der Waals surface area contributed by atoms with E-state index in [1.165, 1.54) is 11.3 Å². The molecule has 1 aliphatic heterocycles. The molecule has 0 unspecified atom stereocenters. The number of hydrogen-bond acceptors (Lipinski definition) is 10. The van der Waals surface area contributed by atoms with Crippen molar-refractivity contribution in [2.45, 2.75) is 83.9 Å². The summed E-state index contributed by atoms with van der Waals surface area (Å²) in [6.45, 7) is 12.0. The summed E-state index contributed by atoms with van der Waals surface area (Å²) in [7, 11) is 0. The topological polar surface area (TPSA) is 151 Å². The average molecular weight is 686 g/mol. The molecule has 256 valence electrons. The second-order valence-corrected chi connectivity index (χ2v) is 15.3. The molecule has 1 fully saturated rings. The predicted molar refractivity (Wildman–Crippen MR) is 183 cm³/mol. The van der Waals surface area contributed by atoms with E-state index in [2.05, 4.69) is 25.5 Å². The number of rotatable bonds is 14. The van der Waals surface area contributed by atoms with Gasteiger partial charge in [0.15, 0.2) is 0 Å². The Bertz CT molecular complexity index is 1420. The van der Waals surface area contributed by atoms with Gasteiger partial charge in [-0.1, -0.05) is 44.2 Å². The van der Waals surface area contributed by atoms with Crippen LogP contribution in [-0.2, 0) is 29.1 Å². The van der Waals surface area contributed by atoms with Gasteiger partial charge in [0, 0.05) is 60.4 Å². The summed E-state index contributed by atoms with van der Waals surface area (Å²) in [6, 6.07) is 7.28. The highest BCUT2D eigenvalue weighted by Crippen LogP contribution is 2.21. The van der Waals surface area contributed by atoms with E-state index >= 15 is 0 Å². The largest absolute Gasteiger partial charge is 0.465 e. The third kappa shape index (κ3) is 10.8. The number of nitrogens with one attached hydrogen (secondary N) is 2. The lowest BCUT2D eigenvalue weighted by molar-refractivity contribution is -0.133. The Hall–Kier alpha value is -3.43. The van der Waals surface area contributed by atoms with Gasteiger partial charge in [-0.25, -0.2) is 4.79 Å². The number of aliphatic hydroxyl groups excluding tert-OH is 1. The lowest BCUT2D eigenvalue weighted by atomic mass is 9.97. The van der Waals surface area contributed by atoms with Crippen molar-refractivity contribution in [3.05, 3.63) is 69.1 Å². The van der Waals surface area contributed by atoms with Crippen LogP contribution in [0, 0.1) is 5.92 Å². The first kappa shape index (κ1) is 36.4. The van der Waals surface area contributed by atoms with Crippen molar-refractivity contribution >= 4 is 40.6 Å². The molecule has 0 bridgehead atoms. The number of hydrogen-bond donors (Lipinski definition) is 4. The van der Waals surface area contributed by atoms with Crippen molar-refractivity contribution in [2.75, 3.05) is 26.2 Å². The van der Waals surface area contributed by atoms with Crippen LogP contribution in [0.2, 0.25) is 0 Å². The normalized spacial score (nSPS) is 18.0. The summed E-state index contributed by atoms with van der Waals surface area (Å²) in [5.74, 6) is -0.948. The molecule has 4 N–H and O–H groups in total. The molecule has 2 aromatic heterocycles. The maximum atomic E-state index is 14.0. The van der Waals surface area contributed by atoms with Crippen molar-refractivity contribution in [1.82, 2.24) is 35.3 Å². The first-order chi connectivity index (χ1) is 22.3. The summed E-state index contributed by atoms with van der Waals surface area (Å²) in [4.78, 5) is 55.4. The SMILES string of the molecule is CC(C)[C@@H](C(=O)N[C@@H](Cc1ccccc1)[C@H](O)CN1CCN(Cc2cncs2)C[C@H]1C(=O)NC(C)(C)C)N(Cc1cncs1)C(=O)O. The molecule has 0 radical (unpaired) electrons. The zero-order valence-electron chi connectivity index (χ0n) is 27.7. The number of aliphatic hydroxyl groups is 1. The molecule has 3 heterocycles. The number of amides is 3. The van der Waals surface area contributed by atoms with E-state index in [-0.39, 0.29) is 24.9 Å². The Balaban J connectivity index is 1.55. The Morgan fingerprint density at radius 1 is 1.04 bits per heavy atom. The molecular formula is C33H47N7O5S2. The summed E-state index contributed by atoms with van der Waals surface area (Å²) < 4.78 is 0. The van der Waals surface area contributed by atoms with Gasteiger partial charge in [-0.05, 0) is 38.7 Å². The van der Waals surface area contributed by atoms with Gasteiger partial charge in [0.25, 0.3) is 0 Å². The fourth-order valence-corrected chi connectivity index (χ4v) is 7.07. The van der Waals surface area contributed by atoms with Gasteiger partial charge in [-0.2, -0.15) is 0 Å². The molecule has 12 nitrogen and oxygen atoms in total. The molecule has 1 saturated heterocycles. The van der Waals surface area contributed by atoms with Crippen LogP contribution in [0.5, 0.6) is 0 Å². The van der Waals surface area contributed by atoms with E-state index in [1.54, 1.807) is 42.4 Å². The number of carboxylic acid groups (broad SMARTS) is 1. The van der Waals surface area contributed by atoms with Crippen molar-refractivity contribution in [3.63, 3.8) is 0 Å². The number of β-amino-alcohol motifs (C(OH)–C–C–N with tert-alkyl or cyclic N) is 1. The molecule has 4 rings (SSSR count). The van der Waals surface area contributed by atoms with Crippen LogP contribution in [0.4, 0.5) is 4.79 Å². The number of nitrogens with zero attached hydrogens (tertiary/aromatic N) is 5. The number of piperazine rings is 1. The average Bonchev–Trinajstić information content (AvgIpc) is 3.71. The van der Waals surface area contributed by atoms with Crippen molar-refractivity contribution in [1.29, 1.82) is 0 Å². The van der Waals surface area contributed by atoms with Crippen LogP contribution in [0.1, 0.15) is 49.9 Å². The van der Waals surface area contributed by atoms with Crippen molar-refractivity contribution in [3.8, 4) is 0 Å². The lowest BCUT2D eigenvalue weighted by Crippen LogP contribution is -2.63. The quantitative estimate of drug-likeness (QED) is 0.200. The van der Waals surface area contributed by atoms with Gasteiger partial charge < -0.3 is 20.8 Å². The van der Waals surface area contributed by atoms with E-state index in [9.17, 15) is 24.6 Å². The first-order valence-corrected chi connectivity index (χ1v) is 17.6. The number of aromatic nitrogens is 2. The monoisotopic (exact) mass is 685 g/mol. The van der Waals surface area contributed by atoms with Gasteiger partial charge >= 0.3 is 6.09 Å². The first-order valence-electron chi connectivity index (χ1n) is 15.9. The number of thiazole rings is 2. The zero-order valence-corrected chi connectivity index (χ0v) is 29.3. The van der Waals surface area contributed by atoms with Crippen LogP contribution in [0.25, 0.3) is 0 Å². The Kier molecular flexibility index (Phi) is 12.9. The standard InChI is InChI=1S/C33H47N7O5S2/c1-22(2)29(40(32(44)45)17-25-15-35-21-47-25)31(43)36-26(13-23-9-7-6-8-10-23)28(41)19-39-12-11-38(16-24-14-34-20-46-24)18-27(39)30(42)37-33(3,4)5/h6-10,14-15,20-22,26-29,41H,11-13,16-19H2,1-5H3,(H,36,43)(H,37,42)(H,44,45)/t26-,27-,28+,29-/m0/s1. The highest BCUT2D eigenvalue weighted by atomic mass is 32.1. The van der Waals surface area contributed by atoms with Gasteiger partial charge in [0.05, 0.1) is 29.7 Å². The van der Waals surface area contributed by atoms with Crippen LogP contribution < -0.4 is 10.6 Å². The summed E-state index contributed by atoms with van der Waals surface area (Å²) in [5.41, 5.74) is 3.90. The summed E-state index contributed by atoms with van der Waals surface area (Å²) >= 11 is 2.90. The third-order valence-corrected chi connectivity index (χ3v) is 9.57. The minimum absolute atomic E-state index is 0.0263. The minimum Gasteiger partial charge on any atom is -0.465 e. The molecule has 1 aromatic carbocycles. The maximum Gasteiger partial charge on any atom is 0.408 e. The van der Waals surface area contributed by atoms with E-state index in [0.717, 1.165) is 20.2 Å². The molecule has 0 saturated carbocycles. The molecule has 47 heavy (non-hydrogen) atoms. The molecule has 1 aliphatic rings. The van der Waals surface area contributed by atoms with Gasteiger partial charge in [-0.3, -0.25) is 34.3 Å². The fourth-order valence-electron chi connectivity index (χ4n) is 5.85. The smallest absolute Gasteiger partial charge is 0.408 e. The Labute approximate surface area is 284 Å². The fraction of sp³-hybridized carbons (Fsp3) is 0.545. The number of carbonyl (C=O) groups excluding carboxylic acids is 2. The molecule has 0 aliphatic carbocycles. The molecule has 14 heteroatoms. The third-order valence-electron chi connectivity index (χ3n) is 8.04.